The highest BCUT2D eigenvalue weighted by atomic mass is 35.5. The Morgan fingerprint density at radius 3 is 1.88 bits per heavy atom. The van der Waals surface area contributed by atoms with Gasteiger partial charge in [0.15, 0.2) is 0 Å². The molecule has 0 aliphatic carbocycles. The van der Waals surface area contributed by atoms with Gasteiger partial charge in [0.05, 0.1) is 15.7 Å². The summed E-state index contributed by atoms with van der Waals surface area (Å²) >= 11 is 17.6. The Morgan fingerprint density at radius 1 is 0.906 bits per heavy atom. The van der Waals surface area contributed by atoms with E-state index in [1.807, 2.05) is 0 Å². The minimum absolute atomic E-state index is 0.105. The highest BCUT2D eigenvalue weighted by Crippen LogP contribution is 2.54. The Hall–Kier alpha value is -2.01. The van der Waals surface area contributed by atoms with Crippen molar-refractivity contribution >= 4 is 52.3 Å². The summed E-state index contributed by atoms with van der Waals surface area (Å²) in [6.07, 6.45) is -10.5. The summed E-state index contributed by atoms with van der Waals surface area (Å²) in [6, 6.07) is 5.03. The second-order valence-corrected chi connectivity index (χ2v) is 7.59. The zero-order valence-corrected chi connectivity index (χ0v) is 17.9. The number of allylic oxidation sites excluding steroid dienone is 1. The van der Waals surface area contributed by atoms with Crippen LogP contribution in [0.15, 0.2) is 36.5 Å². The molecule has 2 aromatic carbocycles. The van der Waals surface area contributed by atoms with Crippen molar-refractivity contribution in [1.82, 2.24) is 0 Å². The van der Waals surface area contributed by atoms with Gasteiger partial charge in [-0.25, -0.2) is 4.39 Å². The minimum atomic E-state index is -6.31. The minimum Gasteiger partial charge on any atom is -0.359 e. The smallest absolute Gasteiger partial charge is 0.359 e. The van der Waals surface area contributed by atoms with Crippen LogP contribution in [0.2, 0.25) is 15.1 Å². The molecule has 0 fully saturated rings. The number of rotatable bonds is 6. The van der Waals surface area contributed by atoms with E-state index in [2.05, 4.69) is 5.32 Å². The van der Waals surface area contributed by atoms with Crippen LogP contribution >= 0.6 is 34.8 Å². The van der Waals surface area contributed by atoms with Crippen molar-refractivity contribution in [2.24, 2.45) is 5.73 Å². The topological polar surface area (TPSA) is 61.9 Å². The molecule has 0 amide bonds. The first-order valence-corrected chi connectivity index (χ1v) is 9.58. The summed E-state index contributed by atoms with van der Waals surface area (Å²) in [4.78, 5) is 0. The van der Waals surface area contributed by atoms with Crippen molar-refractivity contribution in [3.05, 3.63) is 68.3 Å². The largest absolute Gasteiger partial charge is 0.435 e. The van der Waals surface area contributed by atoms with E-state index < -0.39 is 33.6 Å². The van der Waals surface area contributed by atoms with Crippen molar-refractivity contribution in [3.8, 4) is 0 Å². The molecular weight excluding hydrogens is 510 g/mol. The van der Waals surface area contributed by atoms with Crippen molar-refractivity contribution in [2.75, 3.05) is 5.32 Å². The molecular formula is C19H13Cl3F7N3. The molecule has 0 saturated carbocycles. The first kappa shape index (κ1) is 26.2. The molecule has 0 heterocycles. The fourth-order valence-electron chi connectivity index (χ4n) is 2.67. The summed E-state index contributed by atoms with van der Waals surface area (Å²) in [6.45, 7) is 0.105. The second kappa shape index (κ2) is 9.46. The van der Waals surface area contributed by atoms with Crippen LogP contribution in [0.5, 0.6) is 0 Å². The summed E-state index contributed by atoms with van der Waals surface area (Å²) in [7, 11) is 0. The molecule has 2 rings (SSSR count). The second-order valence-electron chi connectivity index (χ2n) is 6.37. The highest BCUT2D eigenvalue weighted by Gasteiger charge is 2.73. The monoisotopic (exact) mass is 521 g/mol. The van der Waals surface area contributed by atoms with Gasteiger partial charge in [0.2, 0.25) is 0 Å². The first-order valence-electron chi connectivity index (χ1n) is 8.45. The maximum absolute atomic E-state index is 14.3. The molecule has 32 heavy (non-hydrogen) atoms. The van der Waals surface area contributed by atoms with E-state index in [1.165, 1.54) is 12.3 Å². The lowest BCUT2D eigenvalue weighted by Crippen LogP contribution is -2.50. The number of hydrogen-bond donors (Lipinski definition) is 3. The zero-order chi connectivity index (χ0) is 24.5. The maximum Gasteiger partial charge on any atom is 0.435 e. The van der Waals surface area contributed by atoms with Crippen molar-refractivity contribution in [3.63, 3.8) is 0 Å². The van der Waals surface area contributed by atoms with E-state index in [9.17, 15) is 30.7 Å². The van der Waals surface area contributed by atoms with E-state index in [-0.39, 0.29) is 29.9 Å². The molecule has 174 valence electrons. The normalized spacial score (nSPS) is 13.3. The van der Waals surface area contributed by atoms with Gasteiger partial charge in [-0.3, -0.25) is 0 Å². The van der Waals surface area contributed by atoms with Gasteiger partial charge < -0.3 is 16.5 Å². The molecule has 0 atom stereocenters. The predicted octanol–water partition coefficient (Wildman–Crippen LogP) is 7.50. The number of anilines is 1. The molecule has 2 aromatic rings. The van der Waals surface area contributed by atoms with E-state index in [1.54, 1.807) is 12.1 Å². The Kier molecular flexibility index (Phi) is 7.76. The predicted molar refractivity (Wildman–Crippen MR) is 111 cm³/mol. The summed E-state index contributed by atoms with van der Waals surface area (Å²) in [5.74, 6) is 0. The third-order valence-electron chi connectivity index (χ3n) is 4.35. The number of hydrogen-bond acceptors (Lipinski definition) is 3. The van der Waals surface area contributed by atoms with Gasteiger partial charge in [0, 0.05) is 35.1 Å². The molecule has 0 aliphatic heterocycles. The average molecular weight is 523 g/mol. The van der Waals surface area contributed by atoms with Crippen LogP contribution in [0.3, 0.4) is 0 Å². The van der Waals surface area contributed by atoms with Crippen LogP contribution in [-0.4, -0.2) is 18.6 Å². The molecule has 0 aliphatic rings. The van der Waals surface area contributed by atoms with Crippen LogP contribution in [0.1, 0.15) is 16.7 Å². The van der Waals surface area contributed by atoms with Crippen molar-refractivity contribution in [2.45, 2.75) is 24.6 Å². The van der Waals surface area contributed by atoms with E-state index in [0.29, 0.717) is 16.1 Å². The van der Waals surface area contributed by atoms with Gasteiger partial charge in [-0.05, 0) is 35.4 Å². The quantitative estimate of drug-likeness (QED) is 0.272. The number of benzene rings is 2. The first-order chi connectivity index (χ1) is 14.7. The summed E-state index contributed by atoms with van der Waals surface area (Å²) < 4.78 is 92.1. The fourth-order valence-corrected chi connectivity index (χ4v) is 3.46. The number of nitrogens with one attached hydrogen (secondary N) is 2. The number of nitrogens with two attached hydrogens (primary N) is 1. The van der Waals surface area contributed by atoms with Crippen LogP contribution < -0.4 is 11.1 Å². The molecule has 3 nitrogen and oxygen atoms in total. The Bertz CT molecular complexity index is 1010. The third-order valence-corrected chi connectivity index (χ3v) is 5.31. The van der Waals surface area contributed by atoms with Crippen molar-refractivity contribution in [1.29, 1.82) is 5.41 Å². The zero-order valence-electron chi connectivity index (χ0n) is 15.6. The lowest BCUT2D eigenvalue weighted by Gasteiger charge is -2.30. The molecule has 4 N–H and O–H groups in total. The van der Waals surface area contributed by atoms with Crippen LogP contribution in [0.25, 0.3) is 5.57 Å². The molecule has 0 aromatic heterocycles. The van der Waals surface area contributed by atoms with E-state index >= 15 is 0 Å². The van der Waals surface area contributed by atoms with Gasteiger partial charge in [0.1, 0.15) is 0 Å². The van der Waals surface area contributed by atoms with E-state index in [0.717, 1.165) is 6.21 Å². The van der Waals surface area contributed by atoms with E-state index in [4.69, 9.17) is 45.9 Å². The fraction of sp³-hybridized carbons (Fsp3) is 0.211. The molecule has 0 unspecified atom stereocenters. The Morgan fingerprint density at radius 2 is 1.44 bits per heavy atom. The van der Waals surface area contributed by atoms with Gasteiger partial charge in [-0.15, -0.1) is 0 Å². The third kappa shape index (κ3) is 4.98. The van der Waals surface area contributed by atoms with Crippen LogP contribution in [-0.2, 0) is 12.2 Å². The van der Waals surface area contributed by atoms with Crippen LogP contribution in [0, 0.1) is 5.41 Å². The lowest BCUT2D eigenvalue weighted by atomic mass is 9.94. The van der Waals surface area contributed by atoms with Gasteiger partial charge in [0.25, 0.3) is 0 Å². The Labute approximate surface area is 192 Å². The summed E-state index contributed by atoms with van der Waals surface area (Å²) in [5.41, 5.74) is -0.961. The Balaban J connectivity index is 2.50. The maximum atomic E-state index is 14.3. The molecule has 0 saturated heterocycles. The van der Waals surface area contributed by atoms with Crippen molar-refractivity contribution < 1.29 is 30.7 Å². The molecule has 13 heteroatoms. The standard InChI is InChI=1S/C19H13Cl3F7N3/c20-13-2-1-9(3-10(13)6-30)11(7-31)8-32-16-14(21)4-12(5-15(16)22)17(23,18(24,25)26)19(27,28)29/h1-5,7-8,31-32H,6,30H2/b11-8+,31-7?. The SMILES string of the molecule is N=C/C(=C\Nc1c(Cl)cc(C(F)(C(F)(F)F)C(F)(F)F)cc1Cl)c1ccc(Cl)c(CN)c1. The van der Waals surface area contributed by atoms with Gasteiger partial charge in [-0.2, -0.15) is 26.3 Å². The lowest BCUT2D eigenvalue weighted by molar-refractivity contribution is -0.348. The molecule has 0 radical (unpaired) electrons. The summed E-state index contributed by atoms with van der Waals surface area (Å²) in [5, 5.41) is 9.03. The van der Waals surface area contributed by atoms with Gasteiger partial charge >= 0.3 is 18.0 Å². The molecule has 0 bridgehead atoms. The average Bonchev–Trinajstić information content (AvgIpc) is 2.68. The highest BCUT2D eigenvalue weighted by molar-refractivity contribution is 6.39. The van der Waals surface area contributed by atoms with Gasteiger partial charge in [-0.1, -0.05) is 40.9 Å². The molecule has 0 spiro atoms. The number of halogens is 10. The number of alkyl halides is 7. The van der Waals surface area contributed by atoms with Crippen LogP contribution in [0.4, 0.5) is 36.4 Å².